The van der Waals surface area contributed by atoms with Gasteiger partial charge in [-0.15, -0.1) is 0 Å². The normalized spacial score (nSPS) is 11.2. The molecule has 0 saturated heterocycles. The average molecular weight is 272 g/mol. The zero-order valence-electron chi connectivity index (χ0n) is 11.2. The van der Waals surface area contributed by atoms with Crippen LogP contribution in [-0.2, 0) is 13.6 Å². The Kier molecular flexibility index (Phi) is 2.85. The van der Waals surface area contributed by atoms with Gasteiger partial charge >= 0.3 is 0 Å². The van der Waals surface area contributed by atoms with Gasteiger partial charge < -0.3 is 0 Å². The second kappa shape index (κ2) is 4.56. The lowest BCUT2D eigenvalue weighted by Crippen LogP contribution is -2.21. The topological polar surface area (TPSA) is 52.7 Å². The summed E-state index contributed by atoms with van der Waals surface area (Å²) >= 11 is 0. The molecule has 0 aliphatic carbocycles. The molecule has 5 nitrogen and oxygen atoms in total. The highest BCUT2D eigenvalue weighted by Crippen LogP contribution is 2.10. The minimum absolute atomic E-state index is 0.192. The fourth-order valence-electron chi connectivity index (χ4n) is 2.11. The lowest BCUT2D eigenvalue weighted by Gasteiger charge is -2.04. The van der Waals surface area contributed by atoms with E-state index >= 15 is 0 Å². The number of benzene rings is 1. The van der Waals surface area contributed by atoms with Crippen molar-refractivity contribution in [2.45, 2.75) is 13.5 Å². The molecule has 0 spiro atoms. The Morgan fingerprint density at radius 2 is 1.90 bits per heavy atom. The zero-order valence-corrected chi connectivity index (χ0v) is 11.2. The molecule has 102 valence electrons. The van der Waals surface area contributed by atoms with Gasteiger partial charge in [-0.25, -0.2) is 9.37 Å². The van der Waals surface area contributed by atoms with Gasteiger partial charge in [0.15, 0.2) is 5.52 Å². The molecule has 20 heavy (non-hydrogen) atoms. The van der Waals surface area contributed by atoms with Crippen LogP contribution in [0, 0.1) is 12.7 Å². The molecule has 0 aliphatic rings. The standard InChI is InChI=1S/C14H13FN4O/c1-9-12-13(17-18(9)2)14(20)19(8-16-12)7-10-3-5-11(15)6-4-10/h3-6,8H,7H2,1-2H3. The highest BCUT2D eigenvalue weighted by atomic mass is 19.1. The van der Waals surface area contributed by atoms with Gasteiger partial charge in [-0.2, -0.15) is 5.10 Å². The third kappa shape index (κ3) is 1.99. The molecule has 0 amide bonds. The van der Waals surface area contributed by atoms with Gasteiger partial charge in [0, 0.05) is 7.05 Å². The first kappa shape index (κ1) is 12.5. The van der Waals surface area contributed by atoms with Crippen LogP contribution in [0.15, 0.2) is 35.4 Å². The van der Waals surface area contributed by atoms with Crippen molar-refractivity contribution in [2.75, 3.05) is 0 Å². The Bertz CT molecular complexity index is 833. The van der Waals surface area contributed by atoms with Crippen molar-refractivity contribution >= 4 is 11.0 Å². The molecule has 0 N–H and O–H groups in total. The van der Waals surface area contributed by atoms with E-state index in [1.807, 2.05) is 6.92 Å². The number of fused-ring (bicyclic) bond motifs is 1. The summed E-state index contributed by atoms with van der Waals surface area (Å²) in [5.41, 5.74) is 2.47. The maximum atomic E-state index is 12.9. The largest absolute Gasteiger partial charge is 0.293 e. The predicted octanol–water partition coefficient (Wildman–Crippen LogP) is 1.63. The summed E-state index contributed by atoms with van der Waals surface area (Å²) in [5, 5.41) is 4.19. The first-order valence-corrected chi connectivity index (χ1v) is 6.19. The van der Waals surface area contributed by atoms with E-state index in [4.69, 9.17) is 0 Å². The molecule has 0 atom stereocenters. The molecule has 0 saturated carbocycles. The quantitative estimate of drug-likeness (QED) is 0.712. The third-order valence-electron chi connectivity index (χ3n) is 3.36. The summed E-state index contributed by atoms with van der Waals surface area (Å²) in [5.74, 6) is -0.296. The van der Waals surface area contributed by atoms with E-state index in [-0.39, 0.29) is 11.4 Å². The first-order chi connectivity index (χ1) is 9.56. The van der Waals surface area contributed by atoms with Crippen molar-refractivity contribution in [1.29, 1.82) is 0 Å². The van der Waals surface area contributed by atoms with Crippen LogP contribution < -0.4 is 5.56 Å². The molecule has 0 unspecified atom stereocenters. The van der Waals surface area contributed by atoms with E-state index in [9.17, 15) is 9.18 Å². The molecule has 0 bridgehead atoms. The van der Waals surface area contributed by atoms with Crippen molar-refractivity contribution in [3.05, 3.63) is 58.0 Å². The molecular weight excluding hydrogens is 259 g/mol. The van der Waals surface area contributed by atoms with Crippen LogP contribution in [0.4, 0.5) is 4.39 Å². The van der Waals surface area contributed by atoms with Crippen LogP contribution in [0.3, 0.4) is 0 Å². The summed E-state index contributed by atoms with van der Waals surface area (Å²) < 4.78 is 16.0. The Labute approximate surface area is 114 Å². The van der Waals surface area contributed by atoms with Crippen molar-refractivity contribution in [2.24, 2.45) is 7.05 Å². The van der Waals surface area contributed by atoms with Crippen molar-refractivity contribution in [3.8, 4) is 0 Å². The monoisotopic (exact) mass is 272 g/mol. The SMILES string of the molecule is Cc1c2ncn(Cc3ccc(F)cc3)c(=O)c2nn1C. The first-order valence-electron chi connectivity index (χ1n) is 6.19. The fourth-order valence-corrected chi connectivity index (χ4v) is 2.11. The number of aromatic nitrogens is 4. The molecule has 2 heterocycles. The van der Waals surface area contributed by atoms with Crippen LogP contribution in [0.5, 0.6) is 0 Å². The Hall–Kier alpha value is -2.50. The molecule has 1 aromatic carbocycles. The summed E-state index contributed by atoms with van der Waals surface area (Å²) in [7, 11) is 1.78. The van der Waals surface area contributed by atoms with Crippen LogP contribution in [0.1, 0.15) is 11.3 Å². The van der Waals surface area contributed by atoms with Gasteiger partial charge in [-0.05, 0) is 24.6 Å². The number of rotatable bonds is 2. The number of halogens is 1. The number of aryl methyl sites for hydroxylation is 2. The van der Waals surface area contributed by atoms with Gasteiger partial charge in [0.1, 0.15) is 11.3 Å². The summed E-state index contributed by atoms with van der Waals surface area (Å²) in [6.45, 7) is 2.21. The lowest BCUT2D eigenvalue weighted by molar-refractivity contribution is 0.626. The van der Waals surface area contributed by atoms with Crippen molar-refractivity contribution in [3.63, 3.8) is 0 Å². The van der Waals surface area contributed by atoms with Crippen LogP contribution in [-0.4, -0.2) is 19.3 Å². The van der Waals surface area contributed by atoms with Gasteiger partial charge in [-0.1, -0.05) is 12.1 Å². The van der Waals surface area contributed by atoms with Crippen LogP contribution in [0.25, 0.3) is 11.0 Å². The Morgan fingerprint density at radius 3 is 2.60 bits per heavy atom. The molecule has 3 rings (SSSR count). The van der Waals surface area contributed by atoms with E-state index in [2.05, 4.69) is 10.1 Å². The average Bonchev–Trinajstić information content (AvgIpc) is 2.72. The molecule has 0 radical (unpaired) electrons. The molecule has 0 fully saturated rings. The summed E-state index contributed by atoms with van der Waals surface area (Å²) in [6.07, 6.45) is 1.50. The highest BCUT2D eigenvalue weighted by molar-refractivity contribution is 5.75. The number of nitrogens with zero attached hydrogens (tertiary/aromatic N) is 4. The van der Waals surface area contributed by atoms with Crippen LogP contribution >= 0.6 is 0 Å². The molecule has 2 aromatic heterocycles. The second-order valence-electron chi connectivity index (χ2n) is 4.71. The highest BCUT2D eigenvalue weighted by Gasteiger charge is 2.11. The maximum absolute atomic E-state index is 12.9. The third-order valence-corrected chi connectivity index (χ3v) is 3.36. The second-order valence-corrected chi connectivity index (χ2v) is 4.71. The van der Waals surface area contributed by atoms with E-state index in [1.54, 1.807) is 23.9 Å². The minimum Gasteiger partial charge on any atom is -0.293 e. The lowest BCUT2D eigenvalue weighted by atomic mass is 10.2. The van der Waals surface area contributed by atoms with E-state index in [0.29, 0.717) is 17.6 Å². The number of hydrogen-bond acceptors (Lipinski definition) is 3. The number of hydrogen-bond donors (Lipinski definition) is 0. The maximum Gasteiger partial charge on any atom is 0.282 e. The smallest absolute Gasteiger partial charge is 0.282 e. The van der Waals surface area contributed by atoms with E-state index in [1.165, 1.54) is 23.0 Å². The van der Waals surface area contributed by atoms with Gasteiger partial charge in [0.2, 0.25) is 0 Å². The minimum atomic E-state index is -0.296. The predicted molar refractivity (Wildman–Crippen MR) is 73.0 cm³/mol. The zero-order chi connectivity index (χ0) is 14.3. The van der Waals surface area contributed by atoms with Crippen LogP contribution in [0.2, 0.25) is 0 Å². The van der Waals surface area contributed by atoms with Gasteiger partial charge in [0.25, 0.3) is 5.56 Å². The van der Waals surface area contributed by atoms with Crippen molar-refractivity contribution < 1.29 is 4.39 Å². The Morgan fingerprint density at radius 1 is 1.20 bits per heavy atom. The molecule has 6 heteroatoms. The summed E-state index contributed by atoms with van der Waals surface area (Å²) in [4.78, 5) is 16.6. The van der Waals surface area contributed by atoms with Crippen molar-refractivity contribution in [1.82, 2.24) is 19.3 Å². The van der Waals surface area contributed by atoms with Gasteiger partial charge in [0.05, 0.1) is 18.6 Å². The van der Waals surface area contributed by atoms with E-state index < -0.39 is 0 Å². The van der Waals surface area contributed by atoms with E-state index in [0.717, 1.165) is 11.3 Å². The van der Waals surface area contributed by atoms with Gasteiger partial charge in [-0.3, -0.25) is 14.0 Å². The Balaban J connectivity index is 2.06. The summed E-state index contributed by atoms with van der Waals surface area (Å²) in [6, 6.07) is 6.04. The molecular formula is C14H13FN4O. The molecule has 3 aromatic rings. The molecule has 0 aliphatic heterocycles. The fraction of sp³-hybridized carbons (Fsp3) is 0.214.